The van der Waals surface area contributed by atoms with Crippen molar-refractivity contribution in [1.82, 2.24) is 0 Å². The monoisotopic (exact) mass is 238 g/mol. The first-order chi connectivity index (χ1) is 8.08. The average molecular weight is 238 g/mol. The molecule has 1 heterocycles. The Labute approximate surface area is 101 Å². The van der Waals surface area contributed by atoms with E-state index in [4.69, 9.17) is 4.74 Å². The minimum absolute atomic E-state index is 0.115. The highest BCUT2D eigenvalue weighted by atomic mass is 16.6. The van der Waals surface area contributed by atoms with Gasteiger partial charge in [-0.25, -0.2) is 4.79 Å². The molecule has 0 amide bonds. The second-order valence-corrected chi connectivity index (χ2v) is 4.95. The van der Waals surface area contributed by atoms with Crippen LogP contribution in [-0.4, -0.2) is 22.5 Å². The molecule has 1 aliphatic carbocycles. The van der Waals surface area contributed by atoms with Crippen LogP contribution in [0.15, 0.2) is 11.3 Å². The summed E-state index contributed by atoms with van der Waals surface area (Å²) in [7, 11) is 0. The molecule has 0 unspecified atom stereocenters. The van der Waals surface area contributed by atoms with Gasteiger partial charge in [0.05, 0.1) is 6.42 Å². The number of Topliss-reactive ketones (excluding diaryl/α,β-unsaturated/α-hetero) is 1. The number of aliphatic hydroxyl groups is 1. The summed E-state index contributed by atoms with van der Waals surface area (Å²) in [6.45, 7) is 1.88. The van der Waals surface area contributed by atoms with Crippen molar-refractivity contribution >= 4 is 11.8 Å². The van der Waals surface area contributed by atoms with E-state index in [0.29, 0.717) is 12.8 Å². The van der Waals surface area contributed by atoms with E-state index in [2.05, 4.69) is 0 Å². The summed E-state index contributed by atoms with van der Waals surface area (Å²) in [5.74, 6) is -1.00. The zero-order chi connectivity index (χ0) is 12.5. The van der Waals surface area contributed by atoms with Gasteiger partial charge in [0, 0.05) is 6.42 Å². The van der Waals surface area contributed by atoms with E-state index in [0.717, 1.165) is 25.7 Å². The number of hydrogen-bond acceptors (Lipinski definition) is 4. The topological polar surface area (TPSA) is 63.6 Å². The molecule has 4 nitrogen and oxygen atoms in total. The fourth-order valence-corrected chi connectivity index (χ4v) is 2.72. The summed E-state index contributed by atoms with van der Waals surface area (Å²) >= 11 is 0. The maximum Gasteiger partial charge on any atom is 0.345 e. The van der Waals surface area contributed by atoms with Crippen molar-refractivity contribution in [2.24, 2.45) is 0 Å². The smallest absolute Gasteiger partial charge is 0.345 e. The zero-order valence-corrected chi connectivity index (χ0v) is 10.1. The largest absolute Gasteiger partial charge is 0.511 e. The molecule has 1 aliphatic heterocycles. The van der Waals surface area contributed by atoms with Crippen molar-refractivity contribution in [2.45, 2.75) is 57.5 Å². The summed E-state index contributed by atoms with van der Waals surface area (Å²) < 4.78 is 5.41. The molecule has 1 N–H and O–H groups in total. The van der Waals surface area contributed by atoms with Crippen LogP contribution in [0.4, 0.5) is 0 Å². The molecule has 2 fully saturated rings. The normalized spacial score (nSPS) is 26.2. The van der Waals surface area contributed by atoms with E-state index in [9.17, 15) is 14.7 Å². The molecule has 0 bridgehead atoms. The number of hydrogen-bond donors (Lipinski definition) is 1. The minimum Gasteiger partial charge on any atom is -0.511 e. The number of ether oxygens (including phenoxy) is 1. The van der Waals surface area contributed by atoms with Crippen molar-refractivity contribution < 1.29 is 19.4 Å². The van der Waals surface area contributed by atoms with Crippen LogP contribution in [0.25, 0.3) is 0 Å². The molecule has 0 aromatic heterocycles. The Bertz CT molecular complexity index is 353. The predicted octanol–water partition coefficient (Wildman–Crippen LogP) is 2.43. The maximum atomic E-state index is 12.0. The molecule has 0 aromatic rings. The molecule has 4 heteroatoms. The van der Waals surface area contributed by atoms with Gasteiger partial charge in [-0.2, -0.15) is 0 Å². The number of aliphatic hydroxyl groups excluding tert-OH is 1. The third-order valence-corrected chi connectivity index (χ3v) is 3.57. The molecular formula is C13H18O4. The number of carbonyl (C=O) groups is 2. The minimum atomic E-state index is -0.630. The fraction of sp³-hybridized carbons (Fsp3) is 0.692. The van der Waals surface area contributed by atoms with Gasteiger partial charge in [0.25, 0.3) is 0 Å². The summed E-state index contributed by atoms with van der Waals surface area (Å²) in [6.07, 6.45) is 4.83. The van der Waals surface area contributed by atoms with Crippen LogP contribution in [0.2, 0.25) is 0 Å². The highest BCUT2D eigenvalue weighted by Crippen LogP contribution is 2.40. The Morgan fingerprint density at radius 1 is 1.35 bits per heavy atom. The molecule has 0 atom stereocenters. The Balaban J connectivity index is 2.22. The number of carbonyl (C=O) groups excluding carboxylic acids is 2. The maximum absolute atomic E-state index is 12.0. The van der Waals surface area contributed by atoms with Crippen LogP contribution in [0, 0.1) is 0 Å². The zero-order valence-electron chi connectivity index (χ0n) is 10.1. The molecule has 2 aliphatic rings. The second-order valence-electron chi connectivity index (χ2n) is 4.95. The Hall–Kier alpha value is -1.32. The average Bonchev–Trinajstić information content (AvgIpc) is 2.65. The summed E-state index contributed by atoms with van der Waals surface area (Å²) in [6, 6.07) is 0. The van der Waals surface area contributed by atoms with E-state index < -0.39 is 11.6 Å². The van der Waals surface area contributed by atoms with Gasteiger partial charge in [0.2, 0.25) is 0 Å². The molecular weight excluding hydrogens is 220 g/mol. The number of esters is 1. The van der Waals surface area contributed by atoms with Crippen LogP contribution in [-0.2, 0) is 14.3 Å². The molecule has 1 spiro atoms. The van der Waals surface area contributed by atoms with Crippen molar-refractivity contribution in [3.8, 4) is 0 Å². The van der Waals surface area contributed by atoms with Crippen molar-refractivity contribution in [3.05, 3.63) is 11.3 Å². The molecule has 1 saturated heterocycles. The van der Waals surface area contributed by atoms with Crippen LogP contribution in [0.1, 0.15) is 51.9 Å². The lowest BCUT2D eigenvalue weighted by Gasteiger charge is -2.33. The SMILES string of the molecule is CCCC(O)=C1C(=O)CC2(CCCC2)OC1=O. The molecule has 2 rings (SSSR count). The molecule has 0 aromatic carbocycles. The number of allylic oxidation sites excluding steroid dienone is 1. The quantitative estimate of drug-likeness (QED) is 0.347. The fourth-order valence-electron chi connectivity index (χ4n) is 2.72. The van der Waals surface area contributed by atoms with Gasteiger partial charge >= 0.3 is 5.97 Å². The molecule has 1 saturated carbocycles. The molecule has 0 radical (unpaired) electrons. The predicted molar refractivity (Wildman–Crippen MR) is 61.5 cm³/mol. The van der Waals surface area contributed by atoms with Gasteiger partial charge < -0.3 is 9.84 Å². The summed E-state index contributed by atoms with van der Waals surface area (Å²) in [5, 5.41) is 9.70. The number of ketones is 1. The highest BCUT2D eigenvalue weighted by molar-refractivity contribution is 6.19. The van der Waals surface area contributed by atoms with E-state index >= 15 is 0 Å². The molecule has 94 valence electrons. The van der Waals surface area contributed by atoms with Gasteiger partial charge in [-0.15, -0.1) is 0 Å². The first-order valence-corrected chi connectivity index (χ1v) is 6.26. The van der Waals surface area contributed by atoms with E-state index in [1.54, 1.807) is 0 Å². The standard InChI is InChI=1S/C13H18O4/c1-2-5-9(14)11-10(15)8-13(17-12(11)16)6-3-4-7-13/h14H,2-8H2,1H3. The van der Waals surface area contributed by atoms with Gasteiger partial charge in [-0.05, 0) is 32.1 Å². The summed E-state index contributed by atoms with van der Waals surface area (Å²) in [5.41, 5.74) is -0.686. The third-order valence-electron chi connectivity index (χ3n) is 3.57. The van der Waals surface area contributed by atoms with Gasteiger partial charge in [-0.1, -0.05) is 6.92 Å². The number of rotatable bonds is 2. The Morgan fingerprint density at radius 3 is 2.53 bits per heavy atom. The second kappa shape index (κ2) is 4.51. The van der Waals surface area contributed by atoms with Gasteiger partial charge in [0.1, 0.15) is 16.9 Å². The van der Waals surface area contributed by atoms with E-state index in [-0.39, 0.29) is 23.5 Å². The first kappa shape index (κ1) is 12.1. The lowest BCUT2D eigenvalue weighted by atomic mass is 9.88. The van der Waals surface area contributed by atoms with Crippen molar-refractivity contribution in [2.75, 3.05) is 0 Å². The summed E-state index contributed by atoms with van der Waals surface area (Å²) in [4.78, 5) is 23.8. The van der Waals surface area contributed by atoms with Crippen molar-refractivity contribution in [1.29, 1.82) is 0 Å². The van der Waals surface area contributed by atoms with Crippen molar-refractivity contribution in [3.63, 3.8) is 0 Å². The van der Waals surface area contributed by atoms with Gasteiger partial charge in [0.15, 0.2) is 5.78 Å². The first-order valence-electron chi connectivity index (χ1n) is 6.26. The third kappa shape index (κ3) is 2.21. The van der Waals surface area contributed by atoms with Crippen LogP contribution >= 0.6 is 0 Å². The molecule has 17 heavy (non-hydrogen) atoms. The lowest BCUT2D eigenvalue weighted by Crippen LogP contribution is -2.42. The Morgan fingerprint density at radius 2 is 2.00 bits per heavy atom. The van der Waals surface area contributed by atoms with Crippen LogP contribution in [0.5, 0.6) is 0 Å². The van der Waals surface area contributed by atoms with E-state index in [1.165, 1.54) is 0 Å². The lowest BCUT2D eigenvalue weighted by molar-refractivity contribution is -0.162. The Kier molecular flexibility index (Phi) is 3.22. The van der Waals surface area contributed by atoms with Gasteiger partial charge in [-0.3, -0.25) is 4.79 Å². The van der Waals surface area contributed by atoms with Crippen LogP contribution < -0.4 is 0 Å². The van der Waals surface area contributed by atoms with E-state index in [1.807, 2.05) is 6.92 Å². The highest BCUT2D eigenvalue weighted by Gasteiger charge is 2.46. The van der Waals surface area contributed by atoms with Crippen LogP contribution in [0.3, 0.4) is 0 Å².